The Bertz CT molecular complexity index is 4800. The molecule has 1 unspecified atom stereocenters. The van der Waals surface area contributed by atoms with Gasteiger partial charge in [0.1, 0.15) is 25.3 Å². The Balaban J connectivity index is 0.000000171. The molecule has 0 radical (unpaired) electrons. The number of nitrogens with one attached hydrogen (secondary N) is 3. The van der Waals surface area contributed by atoms with Crippen molar-refractivity contribution >= 4 is 42.4 Å². The highest BCUT2D eigenvalue weighted by Gasteiger charge is 2.45. The number of hydrogen-bond donors (Lipinski definition) is 8. The zero-order valence-electron chi connectivity index (χ0n) is 70.4. The van der Waals surface area contributed by atoms with E-state index >= 15 is 0 Å². The number of carbonyl (C=O) groups is 5. The van der Waals surface area contributed by atoms with Crippen molar-refractivity contribution in [3.63, 3.8) is 0 Å². The van der Waals surface area contributed by atoms with Gasteiger partial charge < -0.3 is 80.9 Å². The third-order valence-corrected chi connectivity index (χ3v) is 20.7. The predicted octanol–water partition coefficient (Wildman–Crippen LogP) is 13.3. The Morgan fingerprint density at radius 3 is 1.14 bits per heavy atom. The fourth-order valence-electron chi connectivity index (χ4n) is 15.5. The molecule has 0 saturated carbocycles. The lowest BCUT2D eigenvalue weighted by Crippen LogP contribution is -2.46. The third-order valence-electron chi connectivity index (χ3n) is 20.7. The molecule has 0 spiro atoms. The number of carbonyl (C=O) groups excluding carboxylic acids is 4. The molecule has 121 heavy (non-hydrogen) atoms. The highest BCUT2D eigenvalue weighted by atomic mass is 35.5. The van der Waals surface area contributed by atoms with Gasteiger partial charge in [0.25, 0.3) is 0 Å². The first kappa shape index (κ1) is 92.3. The van der Waals surface area contributed by atoms with E-state index in [9.17, 15) is 29.1 Å². The van der Waals surface area contributed by atoms with Crippen LogP contribution in [-0.2, 0) is 57.7 Å². The second-order valence-corrected chi connectivity index (χ2v) is 33.0. The van der Waals surface area contributed by atoms with Gasteiger partial charge >= 0.3 is 18.2 Å². The van der Waals surface area contributed by atoms with Gasteiger partial charge in [0.15, 0.2) is 36.5 Å². The molecular weight excluding hydrogens is 1560 g/mol. The van der Waals surface area contributed by atoms with Crippen molar-refractivity contribution in [2.24, 2.45) is 22.9 Å². The number of aromatic nitrogens is 3. The SMILES string of the molecule is CC(C)(C)OC1C[C@@H](C(=O)NCc2ccc(-c3cnco3)cc2)N(C(=O)OCC2c3ccccc3-c3ccccc32)C1.CC(C)(C)O[C@@H]1C[C@@H](C(=O)O)N(C(=O)OCC2c3ccccc3-c3ccccc32)C1.CC(C)(C)O[C@H]1CN[C@H](C(=O)NCc2ccc(-c3cnco3)cc2)C1.Cl.NCCN(CCN)CCN.NCc1ccc(-c2cnco2)cc1. The molecule has 3 aliphatic heterocycles. The second kappa shape index (κ2) is 43.5. The van der Waals surface area contributed by atoms with E-state index in [0.29, 0.717) is 64.4 Å². The van der Waals surface area contributed by atoms with Gasteiger partial charge in [-0.1, -0.05) is 170 Å². The molecule has 7 aromatic carbocycles. The predicted molar refractivity (Wildman–Crippen MR) is 467 cm³/mol. The Morgan fingerprint density at radius 1 is 0.463 bits per heavy atom. The Hall–Kier alpha value is -11.0. The number of carboxylic acid groups (broad SMARTS) is 1. The number of ether oxygens (including phenoxy) is 5. The first-order chi connectivity index (χ1) is 57.7. The normalized spacial score (nSPS) is 17.6. The topological polar surface area (TPSA) is 380 Å². The van der Waals surface area contributed by atoms with Crippen molar-refractivity contribution < 1.29 is 66.0 Å². The van der Waals surface area contributed by atoms with E-state index in [4.69, 9.17) is 59.9 Å². The van der Waals surface area contributed by atoms with Crippen molar-refractivity contribution in [2.75, 3.05) is 72.1 Å². The van der Waals surface area contributed by atoms with E-state index < -0.39 is 41.4 Å². The fourth-order valence-corrected chi connectivity index (χ4v) is 15.5. The highest BCUT2D eigenvalue weighted by Crippen LogP contribution is 2.46. The Morgan fingerprint density at radius 2 is 0.802 bits per heavy atom. The van der Waals surface area contributed by atoms with E-state index in [-0.39, 0.29) is 98.7 Å². The van der Waals surface area contributed by atoms with Crippen LogP contribution in [0.15, 0.2) is 221 Å². The van der Waals surface area contributed by atoms with Crippen LogP contribution in [0.3, 0.4) is 0 Å². The van der Waals surface area contributed by atoms with Gasteiger partial charge in [-0.2, -0.15) is 0 Å². The molecule has 6 heterocycles. The number of nitrogens with zero attached hydrogens (tertiary/aromatic N) is 6. The fraction of sp³-hybridized carbons (Fsp3) is 0.398. The zero-order chi connectivity index (χ0) is 85.5. The summed E-state index contributed by atoms with van der Waals surface area (Å²) in [6, 6.07) is 54.4. The van der Waals surface area contributed by atoms with Crippen molar-refractivity contribution in [2.45, 2.75) is 166 Å². The summed E-state index contributed by atoms with van der Waals surface area (Å²) >= 11 is 0. The maximum Gasteiger partial charge on any atom is 0.410 e. The average molecular weight is 1680 g/mol. The quantitative estimate of drug-likeness (QED) is 0.0278. The van der Waals surface area contributed by atoms with E-state index in [1.807, 2.05) is 184 Å². The van der Waals surface area contributed by atoms with Crippen molar-refractivity contribution in [1.29, 1.82) is 0 Å². The molecule has 3 aromatic heterocycles. The molecule has 10 aromatic rings. The van der Waals surface area contributed by atoms with Gasteiger partial charge in [0.05, 0.1) is 72.8 Å². The summed E-state index contributed by atoms with van der Waals surface area (Å²) in [5.74, 6) is 0.816. The molecule has 3 fully saturated rings. The summed E-state index contributed by atoms with van der Waals surface area (Å²) in [4.78, 5) is 80.5. The van der Waals surface area contributed by atoms with Crippen molar-refractivity contribution in [3.8, 4) is 56.2 Å². The van der Waals surface area contributed by atoms with Crippen LogP contribution in [-0.4, -0.2) is 190 Å². The molecule has 27 nitrogen and oxygen atoms in total. The lowest BCUT2D eigenvalue weighted by molar-refractivity contribution is -0.142. The molecule has 644 valence electrons. The van der Waals surface area contributed by atoms with Crippen LogP contribution in [0.25, 0.3) is 56.2 Å². The van der Waals surface area contributed by atoms with E-state index in [2.05, 4.69) is 84.3 Å². The summed E-state index contributed by atoms with van der Waals surface area (Å²) in [5.41, 5.74) is 35.7. The van der Waals surface area contributed by atoms with Gasteiger partial charge in [-0.25, -0.2) is 29.3 Å². The van der Waals surface area contributed by atoms with E-state index in [1.54, 1.807) is 18.6 Å². The summed E-state index contributed by atoms with van der Waals surface area (Å²) in [6.45, 7) is 25.5. The molecule has 5 aliphatic rings. The number of fused-ring (bicyclic) bond motifs is 6. The number of aliphatic carboxylic acids is 1. The minimum absolute atomic E-state index is 0. The lowest BCUT2D eigenvalue weighted by Gasteiger charge is -2.25. The molecular formula is C93H116ClN13O14. The van der Waals surface area contributed by atoms with Crippen LogP contribution in [0.5, 0.6) is 0 Å². The van der Waals surface area contributed by atoms with Crippen molar-refractivity contribution in [1.82, 2.24) is 45.6 Å². The van der Waals surface area contributed by atoms with Crippen LogP contribution in [0.4, 0.5) is 9.59 Å². The van der Waals surface area contributed by atoms with Gasteiger partial charge in [-0.3, -0.25) is 24.3 Å². The van der Waals surface area contributed by atoms with E-state index in [1.165, 1.54) is 40.1 Å². The number of hydrogen-bond acceptors (Lipinski definition) is 22. The number of halogens is 1. The number of carboxylic acids is 1. The van der Waals surface area contributed by atoms with Crippen LogP contribution in [0.2, 0.25) is 0 Å². The first-order valence-electron chi connectivity index (χ1n) is 40.9. The molecule has 0 bridgehead atoms. The average Bonchev–Trinajstić information content (AvgIpc) is 1.62. The number of likely N-dealkylation sites (tertiary alicyclic amines) is 2. The maximum atomic E-state index is 13.5. The molecule has 6 atom stereocenters. The van der Waals surface area contributed by atoms with Gasteiger partial charge in [0, 0.05) is 107 Å². The maximum absolute atomic E-state index is 13.5. The number of nitrogens with two attached hydrogens (primary N) is 4. The van der Waals surface area contributed by atoms with E-state index in [0.717, 1.165) is 97.9 Å². The summed E-state index contributed by atoms with van der Waals surface area (Å²) in [7, 11) is 0. The molecule has 15 rings (SSSR count). The lowest BCUT2D eigenvalue weighted by atomic mass is 9.98. The monoisotopic (exact) mass is 1670 g/mol. The van der Waals surface area contributed by atoms with Crippen LogP contribution < -0.4 is 38.9 Å². The van der Waals surface area contributed by atoms with Gasteiger partial charge in [-0.15, -0.1) is 12.4 Å². The molecule has 3 saturated heterocycles. The largest absolute Gasteiger partial charge is 0.480 e. The summed E-state index contributed by atoms with van der Waals surface area (Å²) in [5, 5.41) is 18.8. The number of amides is 4. The van der Waals surface area contributed by atoms with Crippen LogP contribution >= 0.6 is 12.4 Å². The molecule has 2 aliphatic carbocycles. The smallest absolute Gasteiger partial charge is 0.410 e. The second-order valence-electron chi connectivity index (χ2n) is 33.0. The standard InChI is InChI=1S/C34H35N3O5.C24H27NO5.C19H25N3O3.C10H10N2O.C6H18N4.ClH/c1-34(2,3)42-24-16-30(32(38)36-17-22-12-14-23(15-13-22)31-18-35-21-41-31)37(19-24)33(39)40-20-29-27-10-6-4-8-25(27)26-9-5-7-11-28(26)29;1-24(2,3)30-15-12-21(22(26)27)25(13-15)23(28)29-14-20-18-10-6-4-8-16(18)17-9-5-7-11-19(17)20;1-19(2,3)25-15-8-16(21-10-15)18(23)22-9-13-4-6-14(7-5-13)17-11-20-12-24-17;11-5-8-1-3-9(4-2-8)10-6-12-7-13-10;7-1-4-10(5-2-8)6-3-9;/h4-15,18,21,24,29-30H,16-17,19-20H2,1-3H3,(H,36,38);4-11,15,20-21H,12-14H2,1-3H3,(H,26,27);4-7,11-12,15-16,21H,8-10H2,1-3H3,(H,22,23);1-4,6-7H,5,11H2;1-9H2;1H/t24?,30-;15-,21+;15-,16+;;;/m011.../s1. The number of benzene rings is 7. The third kappa shape index (κ3) is 26.0. The summed E-state index contributed by atoms with van der Waals surface area (Å²) in [6.07, 6.45) is 8.98. The van der Waals surface area contributed by atoms with Crippen molar-refractivity contribution in [3.05, 3.63) is 247 Å². The van der Waals surface area contributed by atoms with Crippen LogP contribution in [0, 0.1) is 0 Å². The highest BCUT2D eigenvalue weighted by molar-refractivity contribution is 5.87. The Kier molecular flexibility index (Phi) is 33.2. The molecule has 28 heteroatoms. The van der Waals surface area contributed by atoms with Gasteiger partial charge in [0.2, 0.25) is 11.8 Å². The van der Waals surface area contributed by atoms with Gasteiger partial charge in [-0.05, 0) is 130 Å². The first-order valence-corrected chi connectivity index (χ1v) is 40.9. The molecule has 4 amide bonds. The number of rotatable bonds is 24. The summed E-state index contributed by atoms with van der Waals surface area (Å²) < 4.78 is 45.4. The minimum atomic E-state index is -1.04. The zero-order valence-corrected chi connectivity index (χ0v) is 71.2. The number of oxazole rings is 3. The minimum Gasteiger partial charge on any atom is -0.480 e. The Labute approximate surface area is 714 Å². The van der Waals surface area contributed by atoms with Crippen LogP contribution in [0.1, 0.15) is 132 Å². The molecule has 12 N–H and O–H groups in total.